The fraction of sp³-hybridized carbons (Fsp3) is 0.500. The second-order valence-electron chi connectivity index (χ2n) is 6.07. The number of morpholine rings is 2. The van der Waals surface area contributed by atoms with Gasteiger partial charge in [-0.15, -0.1) is 0 Å². The van der Waals surface area contributed by atoms with Gasteiger partial charge in [0.2, 0.25) is 0 Å². The summed E-state index contributed by atoms with van der Waals surface area (Å²) in [6, 6.07) is 5.62. The molecule has 2 fully saturated rings. The van der Waals surface area contributed by atoms with E-state index in [0.717, 1.165) is 5.69 Å². The van der Waals surface area contributed by atoms with Gasteiger partial charge in [0.1, 0.15) is 5.57 Å². The second kappa shape index (κ2) is 9.30. The maximum absolute atomic E-state index is 12.9. The summed E-state index contributed by atoms with van der Waals surface area (Å²) in [5.41, 5.74) is 0.977. The van der Waals surface area contributed by atoms with Gasteiger partial charge >= 0.3 is 0 Å². The van der Waals surface area contributed by atoms with E-state index in [-0.39, 0.29) is 17.4 Å². The van der Waals surface area contributed by atoms with Crippen LogP contribution in [0, 0.1) is 0 Å². The van der Waals surface area contributed by atoms with Crippen molar-refractivity contribution >= 4 is 11.8 Å². The van der Waals surface area contributed by atoms with Crippen LogP contribution in [0.15, 0.2) is 36.2 Å². The number of nitrogens with zero attached hydrogens (tertiary/aromatic N) is 3. The topological polar surface area (TPSA) is 84.0 Å². The largest absolute Gasteiger partial charge is 0.384 e. The monoisotopic (exact) mass is 360 g/mol. The first-order valence-corrected chi connectivity index (χ1v) is 8.83. The van der Waals surface area contributed by atoms with Crippen LogP contribution in [0.2, 0.25) is 0 Å². The van der Waals surface area contributed by atoms with Gasteiger partial charge in [-0.3, -0.25) is 14.6 Å². The minimum atomic E-state index is -0.265. The quantitative estimate of drug-likeness (QED) is 0.444. The van der Waals surface area contributed by atoms with Crippen molar-refractivity contribution in [3.8, 4) is 0 Å². The molecule has 140 valence electrons. The van der Waals surface area contributed by atoms with Crippen molar-refractivity contribution in [1.82, 2.24) is 20.1 Å². The third-order valence-corrected chi connectivity index (χ3v) is 4.31. The Morgan fingerprint density at radius 2 is 1.58 bits per heavy atom. The number of carbonyl (C=O) groups is 2. The van der Waals surface area contributed by atoms with Crippen molar-refractivity contribution in [2.45, 2.75) is 6.54 Å². The molecule has 3 heterocycles. The highest BCUT2D eigenvalue weighted by Gasteiger charge is 2.29. The van der Waals surface area contributed by atoms with Gasteiger partial charge in [-0.1, -0.05) is 6.07 Å². The Kier molecular flexibility index (Phi) is 6.56. The minimum absolute atomic E-state index is 0.143. The van der Waals surface area contributed by atoms with E-state index < -0.39 is 0 Å². The summed E-state index contributed by atoms with van der Waals surface area (Å²) in [6.07, 6.45) is 3.23. The Hall–Kier alpha value is -2.45. The number of hydrogen-bond acceptors (Lipinski definition) is 6. The minimum Gasteiger partial charge on any atom is -0.384 e. The molecule has 0 aliphatic carbocycles. The van der Waals surface area contributed by atoms with Gasteiger partial charge in [0.25, 0.3) is 11.8 Å². The summed E-state index contributed by atoms with van der Waals surface area (Å²) in [6.45, 7) is 4.38. The molecule has 0 atom stereocenters. The van der Waals surface area contributed by atoms with Crippen molar-refractivity contribution in [2.75, 3.05) is 52.6 Å². The lowest BCUT2D eigenvalue weighted by molar-refractivity contribution is -0.138. The van der Waals surface area contributed by atoms with E-state index >= 15 is 0 Å². The van der Waals surface area contributed by atoms with E-state index in [2.05, 4.69) is 10.3 Å². The molecule has 2 aliphatic rings. The van der Waals surface area contributed by atoms with Crippen LogP contribution in [-0.4, -0.2) is 79.2 Å². The number of aromatic nitrogens is 1. The standard InChI is InChI=1S/C18H24N4O4/c23-17(21-5-9-25-10-6-21)16(18(24)22-7-11-26-12-8-22)14-19-13-15-3-1-2-4-20-15/h1-4,14,19H,5-13H2. The first-order valence-electron chi connectivity index (χ1n) is 8.83. The van der Waals surface area contributed by atoms with E-state index in [0.29, 0.717) is 59.2 Å². The van der Waals surface area contributed by atoms with E-state index in [1.165, 1.54) is 6.20 Å². The molecule has 2 amide bonds. The molecular formula is C18H24N4O4. The molecule has 1 aromatic rings. The van der Waals surface area contributed by atoms with E-state index in [4.69, 9.17) is 9.47 Å². The first kappa shape index (κ1) is 18.3. The van der Waals surface area contributed by atoms with Crippen molar-refractivity contribution in [3.05, 3.63) is 41.9 Å². The molecule has 1 N–H and O–H groups in total. The van der Waals surface area contributed by atoms with Crippen LogP contribution < -0.4 is 5.32 Å². The summed E-state index contributed by atoms with van der Waals surface area (Å²) < 4.78 is 10.6. The molecule has 3 rings (SSSR count). The fourth-order valence-electron chi connectivity index (χ4n) is 2.85. The highest BCUT2D eigenvalue weighted by Crippen LogP contribution is 2.11. The highest BCUT2D eigenvalue weighted by molar-refractivity contribution is 6.18. The number of amides is 2. The molecule has 0 bridgehead atoms. The van der Waals surface area contributed by atoms with Crippen molar-refractivity contribution in [1.29, 1.82) is 0 Å². The number of hydrogen-bond donors (Lipinski definition) is 1. The molecule has 0 unspecified atom stereocenters. The third-order valence-electron chi connectivity index (χ3n) is 4.31. The van der Waals surface area contributed by atoms with Crippen LogP contribution in [0.5, 0.6) is 0 Å². The Morgan fingerprint density at radius 3 is 2.08 bits per heavy atom. The van der Waals surface area contributed by atoms with Crippen LogP contribution >= 0.6 is 0 Å². The molecule has 0 saturated carbocycles. The van der Waals surface area contributed by atoms with Crippen LogP contribution in [0.3, 0.4) is 0 Å². The Bertz CT molecular complexity index is 606. The molecule has 2 aliphatic heterocycles. The maximum Gasteiger partial charge on any atom is 0.261 e. The molecule has 26 heavy (non-hydrogen) atoms. The molecule has 0 spiro atoms. The molecule has 1 aromatic heterocycles. The zero-order valence-corrected chi connectivity index (χ0v) is 14.7. The Labute approximate surface area is 152 Å². The number of carbonyl (C=O) groups excluding carboxylic acids is 2. The molecule has 0 aromatic carbocycles. The van der Waals surface area contributed by atoms with Crippen molar-refractivity contribution in [3.63, 3.8) is 0 Å². The molecule has 8 heteroatoms. The van der Waals surface area contributed by atoms with E-state index in [9.17, 15) is 9.59 Å². The smallest absolute Gasteiger partial charge is 0.261 e. The van der Waals surface area contributed by atoms with Gasteiger partial charge in [0, 0.05) is 38.6 Å². The lowest BCUT2D eigenvalue weighted by Crippen LogP contribution is -2.47. The summed E-state index contributed by atoms with van der Waals surface area (Å²) in [5.74, 6) is -0.531. The van der Waals surface area contributed by atoms with Crippen LogP contribution in [-0.2, 0) is 25.6 Å². The highest BCUT2D eigenvalue weighted by atomic mass is 16.5. The van der Waals surface area contributed by atoms with Crippen LogP contribution in [0.1, 0.15) is 5.69 Å². The Morgan fingerprint density at radius 1 is 1.00 bits per heavy atom. The predicted molar refractivity (Wildman–Crippen MR) is 94.0 cm³/mol. The van der Waals surface area contributed by atoms with E-state index in [1.807, 2.05) is 18.2 Å². The number of pyridine rings is 1. The lowest BCUT2D eigenvalue weighted by Gasteiger charge is -2.31. The van der Waals surface area contributed by atoms with Crippen LogP contribution in [0.25, 0.3) is 0 Å². The number of ether oxygens (including phenoxy) is 2. The summed E-state index contributed by atoms with van der Waals surface area (Å²) in [7, 11) is 0. The normalized spacial score (nSPS) is 17.5. The zero-order valence-electron chi connectivity index (χ0n) is 14.7. The average molecular weight is 360 g/mol. The molecule has 2 saturated heterocycles. The second-order valence-corrected chi connectivity index (χ2v) is 6.07. The van der Waals surface area contributed by atoms with Crippen LogP contribution in [0.4, 0.5) is 0 Å². The fourth-order valence-corrected chi connectivity index (χ4v) is 2.85. The summed E-state index contributed by atoms with van der Waals surface area (Å²) in [5, 5.41) is 3.06. The summed E-state index contributed by atoms with van der Waals surface area (Å²) >= 11 is 0. The van der Waals surface area contributed by atoms with Gasteiger partial charge in [0.15, 0.2) is 0 Å². The average Bonchev–Trinajstić information content (AvgIpc) is 2.72. The van der Waals surface area contributed by atoms with Gasteiger partial charge < -0.3 is 24.6 Å². The SMILES string of the molecule is O=C(C(=CNCc1ccccn1)C(=O)N1CCOCC1)N1CCOCC1. The van der Waals surface area contributed by atoms with Gasteiger partial charge in [-0.2, -0.15) is 0 Å². The van der Waals surface area contributed by atoms with Gasteiger partial charge in [-0.25, -0.2) is 0 Å². The zero-order chi connectivity index (χ0) is 18.2. The van der Waals surface area contributed by atoms with E-state index in [1.54, 1.807) is 16.0 Å². The number of rotatable bonds is 5. The molecule has 8 nitrogen and oxygen atoms in total. The van der Waals surface area contributed by atoms with Crippen molar-refractivity contribution < 1.29 is 19.1 Å². The van der Waals surface area contributed by atoms with Gasteiger partial charge in [-0.05, 0) is 12.1 Å². The van der Waals surface area contributed by atoms with Crippen molar-refractivity contribution in [2.24, 2.45) is 0 Å². The maximum atomic E-state index is 12.9. The third kappa shape index (κ3) is 4.80. The molecule has 0 radical (unpaired) electrons. The molecular weight excluding hydrogens is 336 g/mol. The van der Waals surface area contributed by atoms with Gasteiger partial charge in [0.05, 0.1) is 38.7 Å². The summed E-state index contributed by atoms with van der Waals surface area (Å²) in [4.78, 5) is 33.3. The predicted octanol–water partition coefficient (Wildman–Crippen LogP) is -0.227. The number of nitrogens with one attached hydrogen (secondary N) is 1. The lowest BCUT2D eigenvalue weighted by atomic mass is 10.2. The first-order chi connectivity index (χ1) is 12.8. The Balaban J connectivity index is 1.72.